The third-order valence-corrected chi connectivity index (χ3v) is 3.97. The van der Waals surface area contributed by atoms with Gasteiger partial charge in [-0.15, -0.1) is 35.3 Å². The first-order chi connectivity index (χ1) is 11.9. The molecule has 144 valence electrons. The lowest BCUT2D eigenvalue weighted by Gasteiger charge is -2.12. The number of hydrogen-bond acceptors (Lipinski definition) is 4. The van der Waals surface area contributed by atoms with Crippen molar-refractivity contribution in [2.24, 2.45) is 4.99 Å². The highest BCUT2D eigenvalue weighted by atomic mass is 127. The van der Waals surface area contributed by atoms with Crippen LogP contribution in [-0.2, 0) is 12.7 Å². The second kappa shape index (κ2) is 10.6. The van der Waals surface area contributed by atoms with E-state index < -0.39 is 11.9 Å². The maximum absolute atomic E-state index is 12.5. The molecule has 10 heteroatoms. The minimum Gasteiger partial charge on any atom is -0.492 e. The Balaban J connectivity index is 0.00000338. The standard InChI is InChI=1S/C16H19F3N4OS.HI/c1-11-4-3-5-12(8-11)24-7-6-21-15(20-2)22-9-14-23-13(10-25-14)16(17,18)19;/h3-5,8,10H,6-7,9H2,1-2H3,(H2,20,21,22);1H. The predicted molar refractivity (Wildman–Crippen MR) is 107 cm³/mol. The van der Waals surface area contributed by atoms with Crippen LogP contribution >= 0.6 is 35.3 Å². The normalized spacial score (nSPS) is 11.7. The number of aryl methyl sites for hydroxylation is 1. The van der Waals surface area contributed by atoms with Gasteiger partial charge in [-0.05, 0) is 24.6 Å². The van der Waals surface area contributed by atoms with Gasteiger partial charge in [-0.1, -0.05) is 12.1 Å². The summed E-state index contributed by atoms with van der Waals surface area (Å²) in [7, 11) is 1.58. The van der Waals surface area contributed by atoms with Crippen molar-refractivity contribution in [2.75, 3.05) is 20.2 Å². The van der Waals surface area contributed by atoms with E-state index in [1.54, 1.807) is 7.05 Å². The number of benzene rings is 1. The molecule has 1 aromatic carbocycles. The van der Waals surface area contributed by atoms with Gasteiger partial charge in [0.1, 0.15) is 17.4 Å². The lowest BCUT2D eigenvalue weighted by atomic mass is 10.2. The molecule has 5 nitrogen and oxygen atoms in total. The first-order valence-electron chi connectivity index (χ1n) is 7.54. The highest BCUT2D eigenvalue weighted by Crippen LogP contribution is 2.29. The third-order valence-electron chi connectivity index (χ3n) is 3.13. The molecule has 26 heavy (non-hydrogen) atoms. The Morgan fingerprint density at radius 2 is 2.08 bits per heavy atom. The maximum Gasteiger partial charge on any atom is 0.434 e. The zero-order chi connectivity index (χ0) is 18.3. The van der Waals surface area contributed by atoms with Gasteiger partial charge in [-0.3, -0.25) is 4.99 Å². The lowest BCUT2D eigenvalue weighted by molar-refractivity contribution is -0.140. The van der Waals surface area contributed by atoms with Crippen molar-refractivity contribution in [1.29, 1.82) is 0 Å². The summed E-state index contributed by atoms with van der Waals surface area (Å²) in [6.45, 7) is 3.08. The van der Waals surface area contributed by atoms with Crippen molar-refractivity contribution in [1.82, 2.24) is 15.6 Å². The highest BCUT2D eigenvalue weighted by Gasteiger charge is 2.33. The zero-order valence-corrected chi connectivity index (χ0v) is 17.4. The molecule has 0 bridgehead atoms. The molecule has 2 rings (SSSR count). The number of aliphatic imine (C=N–C) groups is 1. The van der Waals surface area contributed by atoms with Crippen molar-refractivity contribution < 1.29 is 17.9 Å². The number of guanidine groups is 1. The van der Waals surface area contributed by atoms with Gasteiger partial charge in [0.25, 0.3) is 0 Å². The van der Waals surface area contributed by atoms with Gasteiger partial charge in [-0.25, -0.2) is 4.98 Å². The number of rotatable bonds is 6. The van der Waals surface area contributed by atoms with Crippen molar-refractivity contribution >= 4 is 41.3 Å². The van der Waals surface area contributed by atoms with Crippen molar-refractivity contribution in [3.05, 3.63) is 45.9 Å². The molecular formula is C16H20F3IN4OS. The number of alkyl halides is 3. The van der Waals surface area contributed by atoms with E-state index in [1.165, 1.54) is 0 Å². The van der Waals surface area contributed by atoms with Crippen LogP contribution in [0.1, 0.15) is 16.3 Å². The molecule has 0 saturated carbocycles. The van der Waals surface area contributed by atoms with Crippen molar-refractivity contribution in [3.63, 3.8) is 0 Å². The van der Waals surface area contributed by atoms with E-state index in [2.05, 4.69) is 20.6 Å². The summed E-state index contributed by atoms with van der Waals surface area (Å²) in [5.41, 5.74) is 0.244. The Morgan fingerprint density at radius 3 is 2.69 bits per heavy atom. The van der Waals surface area contributed by atoms with Crippen LogP contribution in [0.15, 0.2) is 34.6 Å². The summed E-state index contributed by atoms with van der Waals surface area (Å²) >= 11 is 0.955. The molecule has 0 saturated heterocycles. The number of halogens is 4. The van der Waals surface area contributed by atoms with Gasteiger partial charge >= 0.3 is 6.18 Å². The zero-order valence-electron chi connectivity index (χ0n) is 14.3. The smallest absolute Gasteiger partial charge is 0.434 e. The first-order valence-corrected chi connectivity index (χ1v) is 8.42. The lowest BCUT2D eigenvalue weighted by Crippen LogP contribution is -2.38. The largest absolute Gasteiger partial charge is 0.492 e. The minimum absolute atomic E-state index is 0. The van der Waals surface area contributed by atoms with E-state index in [0.717, 1.165) is 28.0 Å². The van der Waals surface area contributed by atoms with E-state index in [9.17, 15) is 13.2 Å². The number of nitrogens with one attached hydrogen (secondary N) is 2. The average molecular weight is 500 g/mol. The Kier molecular flexibility index (Phi) is 9.13. The molecule has 0 spiro atoms. The quantitative estimate of drug-likeness (QED) is 0.274. The molecule has 2 aromatic rings. The average Bonchev–Trinajstić information content (AvgIpc) is 3.03. The fourth-order valence-electron chi connectivity index (χ4n) is 1.95. The molecule has 2 N–H and O–H groups in total. The highest BCUT2D eigenvalue weighted by molar-refractivity contribution is 14.0. The monoisotopic (exact) mass is 500 g/mol. The Bertz CT molecular complexity index is 722. The van der Waals surface area contributed by atoms with E-state index in [0.29, 0.717) is 24.1 Å². The number of hydrogen-bond donors (Lipinski definition) is 2. The molecule has 0 aliphatic heterocycles. The molecular weight excluding hydrogens is 480 g/mol. The predicted octanol–water partition coefficient (Wildman–Crippen LogP) is 3.83. The van der Waals surface area contributed by atoms with Gasteiger partial charge in [0.2, 0.25) is 0 Å². The van der Waals surface area contributed by atoms with Gasteiger partial charge in [-0.2, -0.15) is 13.2 Å². The fraction of sp³-hybridized carbons (Fsp3) is 0.375. The van der Waals surface area contributed by atoms with E-state index in [4.69, 9.17) is 4.74 Å². The van der Waals surface area contributed by atoms with Crippen LogP contribution in [0.5, 0.6) is 5.75 Å². The number of nitrogens with zero attached hydrogens (tertiary/aromatic N) is 2. The maximum atomic E-state index is 12.5. The van der Waals surface area contributed by atoms with Crippen LogP contribution in [0.4, 0.5) is 13.2 Å². The van der Waals surface area contributed by atoms with Gasteiger partial charge in [0.15, 0.2) is 11.7 Å². The van der Waals surface area contributed by atoms with Gasteiger partial charge in [0.05, 0.1) is 13.1 Å². The molecule has 0 amide bonds. The number of thiazole rings is 1. The minimum atomic E-state index is -4.41. The SMILES string of the molecule is CN=C(NCCOc1cccc(C)c1)NCc1nc(C(F)(F)F)cs1.I. The summed E-state index contributed by atoms with van der Waals surface area (Å²) in [6.07, 6.45) is -4.41. The van der Waals surface area contributed by atoms with E-state index >= 15 is 0 Å². The molecule has 0 unspecified atom stereocenters. The van der Waals surface area contributed by atoms with Crippen molar-refractivity contribution in [3.8, 4) is 5.75 Å². The summed E-state index contributed by atoms with van der Waals surface area (Å²) in [5.74, 6) is 1.25. The fourth-order valence-corrected chi connectivity index (χ4v) is 2.69. The van der Waals surface area contributed by atoms with Crippen LogP contribution in [0, 0.1) is 6.92 Å². The topological polar surface area (TPSA) is 58.5 Å². The molecule has 0 atom stereocenters. The number of aromatic nitrogens is 1. The van der Waals surface area contributed by atoms with Crippen LogP contribution in [0.3, 0.4) is 0 Å². The Labute approximate surface area is 171 Å². The van der Waals surface area contributed by atoms with Gasteiger partial charge in [0, 0.05) is 12.4 Å². The van der Waals surface area contributed by atoms with E-state index in [-0.39, 0.29) is 30.5 Å². The molecule has 0 aliphatic rings. The second-order valence-electron chi connectivity index (χ2n) is 5.14. The third kappa shape index (κ3) is 7.36. The molecule has 0 radical (unpaired) electrons. The molecule has 0 aliphatic carbocycles. The Morgan fingerprint density at radius 1 is 1.31 bits per heavy atom. The van der Waals surface area contributed by atoms with Gasteiger partial charge < -0.3 is 15.4 Å². The summed E-state index contributed by atoms with van der Waals surface area (Å²) in [4.78, 5) is 7.57. The molecule has 1 aromatic heterocycles. The number of ether oxygens (including phenoxy) is 1. The van der Waals surface area contributed by atoms with Crippen LogP contribution < -0.4 is 15.4 Å². The van der Waals surface area contributed by atoms with Crippen molar-refractivity contribution in [2.45, 2.75) is 19.6 Å². The summed E-state index contributed by atoms with van der Waals surface area (Å²) in [5, 5.41) is 7.29. The molecule has 1 heterocycles. The first kappa shape index (κ1) is 22.5. The van der Waals surface area contributed by atoms with Crippen LogP contribution in [0.2, 0.25) is 0 Å². The second-order valence-corrected chi connectivity index (χ2v) is 6.08. The summed E-state index contributed by atoms with van der Waals surface area (Å²) < 4.78 is 43.1. The summed E-state index contributed by atoms with van der Waals surface area (Å²) in [6, 6.07) is 7.72. The molecule has 0 fully saturated rings. The van der Waals surface area contributed by atoms with E-state index in [1.807, 2.05) is 31.2 Å². The van der Waals surface area contributed by atoms with Crippen LogP contribution in [-0.4, -0.2) is 31.1 Å². The van der Waals surface area contributed by atoms with Crippen LogP contribution in [0.25, 0.3) is 0 Å². The Hall–Kier alpha value is -1.56.